The molecule has 0 aliphatic heterocycles. The molecule has 0 aliphatic rings. The smallest absolute Gasteiger partial charge is 0.313 e. The Morgan fingerprint density at radius 1 is 1.40 bits per heavy atom. The summed E-state index contributed by atoms with van der Waals surface area (Å²) in [4.78, 5) is 25.8. The zero-order valence-corrected chi connectivity index (χ0v) is 11.4. The number of para-hydroxylation sites is 2. The van der Waals surface area contributed by atoms with E-state index in [-0.39, 0.29) is 5.75 Å². The van der Waals surface area contributed by atoms with Crippen LogP contribution in [0, 0.1) is 0 Å². The average Bonchev–Trinajstić information content (AvgIpc) is 2.74. The van der Waals surface area contributed by atoms with Crippen molar-refractivity contribution in [3.8, 4) is 0 Å². The summed E-state index contributed by atoms with van der Waals surface area (Å²) >= 11 is 1.15. The van der Waals surface area contributed by atoms with Crippen molar-refractivity contribution in [3.63, 3.8) is 0 Å². The summed E-state index contributed by atoms with van der Waals surface area (Å²) in [5.74, 6) is -0.962. The summed E-state index contributed by atoms with van der Waals surface area (Å²) in [6.07, 6.45) is 0. The van der Waals surface area contributed by atoms with E-state index in [1.54, 1.807) is 0 Å². The van der Waals surface area contributed by atoms with Crippen molar-refractivity contribution in [1.82, 2.24) is 14.9 Å². The van der Waals surface area contributed by atoms with E-state index in [2.05, 4.69) is 10.3 Å². The van der Waals surface area contributed by atoms with Gasteiger partial charge in [-0.15, -0.1) is 0 Å². The number of aliphatic carboxylic acids is 1. The lowest BCUT2D eigenvalue weighted by Crippen LogP contribution is -2.32. The molecule has 0 fully saturated rings. The monoisotopic (exact) mass is 294 g/mol. The van der Waals surface area contributed by atoms with Gasteiger partial charge in [-0.05, 0) is 12.1 Å². The lowest BCUT2D eigenvalue weighted by atomic mass is 10.3. The van der Waals surface area contributed by atoms with E-state index in [4.69, 9.17) is 10.8 Å². The topological polar surface area (TPSA) is 110 Å². The van der Waals surface area contributed by atoms with Gasteiger partial charge in [0.1, 0.15) is 0 Å². The Balaban J connectivity index is 2.24. The highest BCUT2D eigenvalue weighted by Gasteiger charge is 2.12. The van der Waals surface area contributed by atoms with E-state index < -0.39 is 12.0 Å². The lowest BCUT2D eigenvalue weighted by Gasteiger charge is -2.08. The Kier molecular flexibility index (Phi) is 4.46. The minimum atomic E-state index is -0.899. The molecule has 8 heteroatoms. The molecule has 0 aliphatic carbocycles. The maximum absolute atomic E-state index is 10.7. The summed E-state index contributed by atoms with van der Waals surface area (Å²) in [5, 5.41) is 11.9. The fourth-order valence-electron chi connectivity index (χ4n) is 1.80. The number of hydrogen-bond donors (Lipinski definition) is 3. The summed E-state index contributed by atoms with van der Waals surface area (Å²) in [6, 6.07) is 6.92. The van der Waals surface area contributed by atoms with E-state index in [1.807, 2.05) is 28.8 Å². The highest BCUT2D eigenvalue weighted by molar-refractivity contribution is 7.99. The Morgan fingerprint density at radius 2 is 2.15 bits per heavy atom. The first-order chi connectivity index (χ1) is 9.58. The van der Waals surface area contributed by atoms with Gasteiger partial charge in [0.2, 0.25) is 0 Å². The molecule has 0 saturated carbocycles. The number of carbonyl (C=O) groups is 2. The zero-order chi connectivity index (χ0) is 14.5. The standard InChI is InChI=1S/C12H14N4O3S/c13-11(19)14-5-6-16-9-4-2-1-3-8(9)15-12(16)20-7-10(17)18/h1-4H,5-7H2,(H,17,18)(H3,13,14,19). The van der Waals surface area contributed by atoms with Crippen LogP contribution in [0.15, 0.2) is 29.4 Å². The van der Waals surface area contributed by atoms with Gasteiger partial charge in [-0.3, -0.25) is 4.79 Å². The van der Waals surface area contributed by atoms with Gasteiger partial charge >= 0.3 is 12.0 Å². The largest absolute Gasteiger partial charge is 0.481 e. The molecule has 2 aromatic rings. The van der Waals surface area contributed by atoms with Gasteiger partial charge in [-0.2, -0.15) is 0 Å². The third kappa shape index (κ3) is 3.41. The van der Waals surface area contributed by atoms with Crippen LogP contribution < -0.4 is 11.1 Å². The molecular formula is C12H14N4O3S. The van der Waals surface area contributed by atoms with Crippen molar-refractivity contribution >= 4 is 34.8 Å². The predicted octanol–water partition coefficient (Wildman–Crippen LogP) is 0.881. The molecule has 0 saturated heterocycles. The quantitative estimate of drug-likeness (QED) is 0.685. The molecular weight excluding hydrogens is 280 g/mol. The lowest BCUT2D eigenvalue weighted by molar-refractivity contribution is -0.133. The molecule has 106 valence electrons. The summed E-state index contributed by atoms with van der Waals surface area (Å²) in [6.45, 7) is 0.835. The highest BCUT2D eigenvalue weighted by Crippen LogP contribution is 2.23. The zero-order valence-electron chi connectivity index (χ0n) is 10.6. The minimum absolute atomic E-state index is 0.0629. The number of primary amides is 1. The van der Waals surface area contributed by atoms with Crippen LogP contribution in [0.3, 0.4) is 0 Å². The second-order valence-electron chi connectivity index (χ2n) is 4.01. The molecule has 7 nitrogen and oxygen atoms in total. The second kappa shape index (κ2) is 6.29. The third-order valence-electron chi connectivity index (χ3n) is 2.58. The molecule has 1 aromatic carbocycles. The maximum Gasteiger partial charge on any atom is 0.313 e. The van der Waals surface area contributed by atoms with Crippen LogP contribution in [0.2, 0.25) is 0 Å². The second-order valence-corrected chi connectivity index (χ2v) is 4.95. The van der Waals surface area contributed by atoms with Crippen molar-refractivity contribution in [2.24, 2.45) is 5.73 Å². The van der Waals surface area contributed by atoms with Crippen LogP contribution in [0.1, 0.15) is 0 Å². The number of rotatable bonds is 6. The molecule has 1 heterocycles. The minimum Gasteiger partial charge on any atom is -0.481 e. The van der Waals surface area contributed by atoms with Gasteiger partial charge in [0.05, 0.1) is 16.8 Å². The number of hydrogen-bond acceptors (Lipinski definition) is 4. The number of carboxylic acids is 1. The van der Waals surface area contributed by atoms with Crippen molar-refractivity contribution in [2.75, 3.05) is 12.3 Å². The van der Waals surface area contributed by atoms with E-state index in [0.29, 0.717) is 18.2 Å². The molecule has 0 radical (unpaired) electrons. The number of aromatic nitrogens is 2. The number of nitrogens with one attached hydrogen (secondary N) is 1. The van der Waals surface area contributed by atoms with Crippen molar-refractivity contribution in [2.45, 2.75) is 11.7 Å². The Labute approximate surface area is 119 Å². The first-order valence-corrected chi connectivity index (χ1v) is 6.89. The van der Waals surface area contributed by atoms with Crippen LogP contribution in [0.4, 0.5) is 4.79 Å². The van der Waals surface area contributed by atoms with Crippen molar-refractivity contribution in [1.29, 1.82) is 0 Å². The number of amides is 2. The number of thioether (sulfide) groups is 1. The number of fused-ring (bicyclic) bond motifs is 1. The number of urea groups is 1. The molecule has 0 atom stereocenters. The normalized spacial score (nSPS) is 10.6. The van der Waals surface area contributed by atoms with Gasteiger partial charge in [0.25, 0.3) is 0 Å². The maximum atomic E-state index is 10.7. The highest BCUT2D eigenvalue weighted by atomic mass is 32.2. The van der Waals surface area contributed by atoms with Gasteiger partial charge in [-0.25, -0.2) is 9.78 Å². The molecule has 0 spiro atoms. The molecule has 20 heavy (non-hydrogen) atoms. The Hall–Kier alpha value is -2.22. The van der Waals surface area contributed by atoms with Crippen LogP contribution in [-0.2, 0) is 11.3 Å². The van der Waals surface area contributed by atoms with Crippen LogP contribution in [-0.4, -0.2) is 39.0 Å². The predicted molar refractivity (Wildman–Crippen MR) is 75.7 cm³/mol. The molecule has 1 aromatic heterocycles. The number of benzene rings is 1. The van der Waals surface area contributed by atoms with E-state index in [1.165, 1.54) is 0 Å². The van der Waals surface area contributed by atoms with Gasteiger partial charge in [-0.1, -0.05) is 23.9 Å². The first kappa shape index (κ1) is 14.2. The summed E-state index contributed by atoms with van der Waals surface area (Å²) in [5.41, 5.74) is 6.71. The van der Waals surface area contributed by atoms with E-state index in [9.17, 15) is 9.59 Å². The molecule has 2 amide bonds. The van der Waals surface area contributed by atoms with Gasteiger partial charge < -0.3 is 20.7 Å². The SMILES string of the molecule is NC(=O)NCCn1c(SCC(=O)O)nc2ccccc21. The van der Waals surface area contributed by atoms with Crippen molar-refractivity contribution < 1.29 is 14.7 Å². The average molecular weight is 294 g/mol. The fraction of sp³-hybridized carbons (Fsp3) is 0.250. The van der Waals surface area contributed by atoms with E-state index in [0.717, 1.165) is 22.8 Å². The van der Waals surface area contributed by atoms with Crippen molar-refractivity contribution in [3.05, 3.63) is 24.3 Å². The number of nitrogens with two attached hydrogens (primary N) is 1. The number of imidazole rings is 1. The van der Waals surface area contributed by atoms with Crippen LogP contribution >= 0.6 is 11.8 Å². The number of carbonyl (C=O) groups excluding carboxylic acids is 1. The van der Waals surface area contributed by atoms with Gasteiger partial charge in [0.15, 0.2) is 5.16 Å². The molecule has 2 rings (SSSR count). The Bertz CT molecular complexity index is 641. The summed E-state index contributed by atoms with van der Waals surface area (Å²) in [7, 11) is 0. The number of carboxylic acid groups (broad SMARTS) is 1. The molecule has 0 bridgehead atoms. The van der Waals surface area contributed by atoms with Gasteiger partial charge in [0, 0.05) is 13.1 Å². The summed E-state index contributed by atoms with van der Waals surface area (Å²) < 4.78 is 1.87. The van der Waals surface area contributed by atoms with Crippen LogP contribution in [0.25, 0.3) is 11.0 Å². The molecule has 0 unspecified atom stereocenters. The van der Waals surface area contributed by atoms with E-state index >= 15 is 0 Å². The Morgan fingerprint density at radius 3 is 2.85 bits per heavy atom. The molecule has 4 N–H and O–H groups in total. The first-order valence-electron chi connectivity index (χ1n) is 5.91. The number of nitrogens with zero attached hydrogens (tertiary/aromatic N) is 2. The third-order valence-corrected chi connectivity index (χ3v) is 3.54. The fourth-order valence-corrected chi connectivity index (χ4v) is 2.56. The van der Waals surface area contributed by atoms with Crippen LogP contribution in [0.5, 0.6) is 0 Å².